The molecular formula is C13H18N2O4S2. The van der Waals surface area contributed by atoms with Crippen molar-refractivity contribution in [2.24, 2.45) is 0 Å². The zero-order valence-electron chi connectivity index (χ0n) is 11.9. The van der Waals surface area contributed by atoms with Gasteiger partial charge in [-0.3, -0.25) is 0 Å². The molecule has 0 radical (unpaired) electrons. The summed E-state index contributed by atoms with van der Waals surface area (Å²) in [6, 6.07) is 5.24. The lowest BCUT2D eigenvalue weighted by atomic mass is 10.1. The molecule has 0 saturated carbocycles. The molecule has 116 valence electrons. The molecule has 0 atom stereocenters. The van der Waals surface area contributed by atoms with E-state index in [1.54, 1.807) is 0 Å². The fraction of sp³-hybridized carbons (Fsp3) is 0.385. The van der Waals surface area contributed by atoms with Gasteiger partial charge in [-0.15, -0.1) is 0 Å². The van der Waals surface area contributed by atoms with Gasteiger partial charge in [-0.25, -0.2) is 21.6 Å². The van der Waals surface area contributed by atoms with Gasteiger partial charge in [0.1, 0.15) is 0 Å². The quantitative estimate of drug-likeness (QED) is 0.833. The Labute approximate surface area is 125 Å². The third-order valence-electron chi connectivity index (χ3n) is 3.44. The molecule has 1 aromatic carbocycles. The summed E-state index contributed by atoms with van der Waals surface area (Å²) in [5, 5.41) is 0. The highest BCUT2D eigenvalue weighted by Crippen LogP contribution is 2.21. The van der Waals surface area contributed by atoms with Crippen molar-refractivity contribution in [2.45, 2.75) is 23.1 Å². The summed E-state index contributed by atoms with van der Waals surface area (Å²) < 4.78 is 51.7. The van der Waals surface area contributed by atoms with Crippen LogP contribution in [-0.2, 0) is 20.0 Å². The van der Waals surface area contributed by atoms with Gasteiger partial charge in [-0.1, -0.05) is 11.6 Å². The number of nitrogens with one attached hydrogen (secondary N) is 1. The van der Waals surface area contributed by atoms with E-state index in [9.17, 15) is 16.8 Å². The van der Waals surface area contributed by atoms with Crippen LogP contribution in [0.3, 0.4) is 0 Å². The molecule has 0 unspecified atom stereocenters. The summed E-state index contributed by atoms with van der Waals surface area (Å²) in [5.74, 6) is 0. The van der Waals surface area contributed by atoms with Crippen LogP contribution in [0, 0.1) is 0 Å². The molecule has 21 heavy (non-hydrogen) atoms. The molecule has 1 aliphatic rings. The lowest BCUT2D eigenvalue weighted by Gasteiger charge is -2.24. The van der Waals surface area contributed by atoms with E-state index < -0.39 is 20.0 Å². The van der Waals surface area contributed by atoms with Gasteiger partial charge in [-0.05, 0) is 44.7 Å². The number of hydrogen-bond donors (Lipinski definition) is 1. The van der Waals surface area contributed by atoms with Crippen LogP contribution in [0.5, 0.6) is 0 Å². The molecule has 1 aromatic rings. The van der Waals surface area contributed by atoms with E-state index in [-0.39, 0.29) is 9.79 Å². The lowest BCUT2D eigenvalue weighted by Crippen LogP contribution is -2.34. The van der Waals surface area contributed by atoms with Crippen molar-refractivity contribution in [1.29, 1.82) is 0 Å². The molecule has 8 heteroatoms. The van der Waals surface area contributed by atoms with Crippen LogP contribution in [0.4, 0.5) is 0 Å². The summed E-state index contributed by atoms with van der Waals surface area (Å²) in [4.78, 5) is 0.142. The maximum Gasteiger partial charge on any atom is 0.243 e. The molecule has 0 aromatic heterocycles. The van der Waals surface area contributed by atoms with E-state index in [1.807, 2.05) is 13.0 Å². The van der Waals surface area contributed by atoms with E-state index in [4.69, 9.17) is 0 Å². The molecule has 0 fully saturated rings. The van der Waals surface area contributed by atoms with Crippen LogP contribution in [-0.4, -0.2) is 41.3 Å². The van der Waals surface area contributed by atoms with Crippen molar-refractivity contribution in [3.05, 3.63) is 35.9 Å². The second kappa shape index (κ2) is 5.88. The molecular weight excluding hydrogens is 312 g/mol. The van der Waals surface area contributed by atoms with Crippen LogP contribution in [0.2, 0.25) is 0 Å². The zero-order chi connectivity index (χ0) is 15.7. The average Bonchev–Trinajstić information content (AvgIpc) is 2.48. The van der Waals surface area contributed by atoms with E-state index >= 15 is 0 Å². The first-order valence-corrected chi connectivity index (χ1v) is 9.39. The first kappa shape index (κ1) is 16.2. The molecule has 0 spiro atoms. The molecule has 0 bridgehead atoms. The van der Waals surface area contributed by atoms with Gasteiger partial charge in [0.2, 0.25) is 20.0 Å². The number of benzene rings is 1. The van der Waals surface area contributed by atoms with Crippen molar-refractivity contribution >= 4 is 20.0 Å². The Morgan fingerprint density at radius 1 is 1.05 bits per heavy atom. The highest BCUT2D eigenvalue weighted by atomic mass is 32.2. The SMILES string of the molecule is CNS(=O)(=O)c1ccc(S(=O)(=O)N2CC=C(C)CC2)cc1. The Morgan fingerprint density at radius 3 is 2.10 bits per heavy atom. The summed E-state index contributed by atoms with van der Waals surface area (Å²) in [7, 11) is -5.83. The second-order valence-electron chi connectivity index (χ2n) is 4.84. The summed E-state index contributed by atoms with van der Waals surface area (Å²) in [6.07, 6.45) is 2.60. The van der Waals surface area contributed by atoms with E-state index in [0.29, 0.717) is 19.5 Å². The number of rotatable bonds is 4. The third-order valence-corrected chi connectivity index (χ3v) is 6.75. The normalized spacial score (nSPS) is 17.5. The molecule has 6 nitrogen and oxygen atoms in total. The van der Waals surface area contributed by atoms with Gasteiger partial charge in [0, 0.05) is 13.1 Å². The topological polar surface area (TPSA) is 83.5 Å². The standard InChI is InChI=1S/C13H18N2O4S2/c1-11-7-9-15(10-8-11)21(18,19)13-5-3-12(4-6-13)20(16,17)14-2/h3-7,14H,8-10H2,1-2H3. The number of sulfonamides is 2. The molecule has 1 heterocycles. The molecule has 0 amide bonds. The number of nitrogens with zero attached hydrogens (tertiary/aromatic N) is 1. The van der Waals surface area contributed by atoms with Gasteiger partial charge in [-0.2, -0.15) is 4.31 Å². The minimum Gasteiger partial charge on any atom is -0.214 e. The van der Waals surface area contributed by atoms with Crippen molar-refractivity contribution in [1.82, 2.24) is 9.03 Å². The van der Waals surface area contributed by atoms with Crippen LogP contribution < -0.4 is 4.72 Å². The van der Waals surface area contributed by atoms with Gasteiger partial charge in [0.15, 0.2) is 0 Å². The van der Waals surface area contributed by atoms with Crippen LogP contribution in [0.1, 0.15) is 13.3 Å². The van der Waals surface area contributed by atoms with Crippen LogP contribution >= 0.6 is 0 Å². The maximum atomic E-state index is 12.5. The molecule has 2 rings (SSSR count). The van der Waals surface area contributed by atoms with Gasteiger partial charge >= 0.3 is 0 Å². The predicted molar refractivity (Wildman–Crippen MR) is 79.8 cm³/mol. The fourth-order valence-electron chi connectivity index (χ4n) is 2.03. The van der Waals surface area contributed by atoms with E-state index in [1.165, 1.54) is 41.2 Å². The zero-order valence-corrected chi connectivity index (χ0v) is 13.5. The summed E-state index contributed by atoms with van der Waals surface area (Å²) >= 11 is 0. The Morgan fingerprint density at radius 2 is 1.62 bits per heavy atom. The Balaban J connectivity index is 2.30. The van der Waals surface area contributed by atoms with Crippen molar-refractivity contribution in [3.63, 3.8) is 0 Å². The van der Waals surface area contributed by atoms with E-state index in [2.05, 4.69) is 4.72 Å². The minimum absolute atomic E-state index is 0.0401. The molecule has 0 saturated heterocycles. The predicted octanol–water partition coefficient (Wildman–Crippen LogP) is 0.935. The number of hydrogen-bond acceptors (Lipinski definition) is 4. The Hall–Kier alpha value is -1.22. The van der Waals surface area contributed by atoms with Gasteiger partial charge in [0.05, 0.1) is 9.79 Å². The summed E-state index contributed by atoms with van der Waals surface area (Å²) in [6.45, 7) is 2.77. The molecule has 1 aliphatic heterocycles. The van der Waals surface area contributed by atoms with Crippen molar-refractivity contribution in [3.8, 4) is 0 Å². The largest absolute Gasteiger partial charge is 0.243 e. The fourth-order valence-corrected chi connectivity index (χ4v) is 4.14. The van der Waals surface area contributed by atoms with E-state index in [0.717, 1.165) is 0 Å². The third kappa shape index (κ3) is 3.34. The highest BCUT2D eigenvalue weighted by molar-refractivity contribution is 7.89. The molecule has 0 aliphatic carbocycles. The first-order valence-electron chi connectivity index (χ1n) is 6.47. The van der Waals surface area contributed by atoms with Gasteiger partial charge in [0.25, 0.3) is 0 Å². The Bertz CT molecular complexity index is 750. The monoisotopic (exact) mass is 330 g/mol. The lowest BCUT2D eigenvalue weighted by molar-refractivity contribution is 0.431. The average molecular weight is 330 g/mol. The maximum absolute atomic E-state index is 12.5. The first-order chi connectivity index (χ1) is 9.77. The van der Waals surface area contributed by atoms with Crippen molar-refractivity contribution in [2.75, 3.05) is 20.1 Å². The Kier molecular flexibility index (Phi) is 4.52. The second-order valence-corrected chi connectivity index (χ2v) is 8.67. The smallest absolute Gasteiger partial charge is 0.214 e. The minimum atomic E-state index is -3.58. The molecule has 1 N–H and O–H groups in total. The van der Waals surface area contributed by atoms with Crippen LogP contribution in [0.15, 0.2) is 45.7 Å². The van der Waals surface area contributed by atoms with Crippen LogP contribution in [0.25, 0.3) is 0 Å². The highest BCUT2D eigenvalue weighted by Gasteiger charge is 2.25. The summed E-state index contributed by atoms with van der Waals surface area (Å²) in [5.41, 5.74) is 1.18. The van der Waals surface area contributed by atoms with Gasteiger partial charge < -0.3 is 0 Å². The van der Waals surface area contributed by atoms with Crippen molar-refractivity contribution < 1.29 is 16.8 Å².